The molecule has 0 unspecified atom stereocenters. The molecule has 0 bridgehead atoms. The Labute approximate surface area is 184 Å². The molecule has 11 heteroatoms. The summed E-state index contributed by atoms with van der Waals surface area (Å²) in [7, 11) is -10.7. The van der Waals surface area contributed by atoms with Gasteiger partial charge in [-0.15, -0.1) is 0 Å². The van der Waals surface area contributed by atoms with Gasteiger partial charge in [0.05, 0.1) is 28.1 Å². The quantitative estimate of drug-likeness (QED) is 0.521. The summed E-state index contributed by atoms with van der Waals surface area (Å²) in [6.07, 6.45) is -0.950. The lowest BCUT2D eigenvalue weighted by molar-refractivity contribution is 0.384. The van der Waals surface area contributed by atoms with Gasteiger partial charge in [0.1, 0.15) is 11.5 Å². The second-order valence-electron chi connectivity index (χ2n) is 4.92. The van der Waals surface area contributed by atoms with Crippen LogP contribution in [0.15, 0.2) is 72.6 Å². The third kappa shape index (κ3) is 5.99. The van der Waals surface area contributed by atoms with Crippen molar-refractivity contribution in [2.75, 3.05) is 0 Å². The molecule has 0 amide bonds. The molecule has 0 aliphatic heterocycles. The Balaban J connectivity index is 2.60. The van der Waals surface area contributed by atoms with E-state index in [-0.39, 0.29) is 0 Å². The van der Waals surface area contributed by atoms with Crippen LogP contribution in [0.25, 0.3) is 0 Å². The standard InChI is InChI=1S/C18H15NO8S2/c20-28(21,22)26-15-8-4-13(5-9-15)18(17-3-1-2-12-19-17)14-6-10-16(11-7-14)27-29(23,24)25/h1-12,18H,(H,20,21,22)(H,23,24,25)/i1D,2D,3D,4D,5D,6D,7D,8D,9D,10D,11D,12D. The molecule has 0 saturated heterocycles. The highest BCUT2D eigenvalue weighted by atomic mass is 32.3. The molecule has 2 aromatic carbocycles. The highest BCUT2D eigenvalue weighted by Crippen LogP contribution is 2.32. The maximum absolute atomic E-state index is 11.2. The fraction of sp³-hybridized carbons (Fsp3) is 0.0556. The van der Waals surface area contributed by atoms with Crippen molar-refractivity contribution in [1.29, 1.82) is 0 Å². The molecule has 0 radical (unpaired) electrons. The molecule has 152 valence electrons. The van der Waals surface area contributed by atoms with E-state index in [9.17, 15) is 16.8 Å². The van der Waals surface area contributed by atoms with Crippen LogP contribution in [0.2, 0.25) is 0 Å². The zero-order chi connectivity index (χ0) is 31.5. The van der Waals surface area contributed by atoms with Gasteiger partial charge in [-0.2, -0.15) is 16.8 Å². The van der Waals surface area contributed by atoms with E-state index >= 15 is 0 Å². The van der Waals surface area contributed by atoms with Gasteiger partial charge in [0, 0.05) is 6.17 Å². The summed E-state index contributed by atoms with van der Waals surface area (Å²) in [6.45, 7) is 0. The monoisotopic (exact) mass is 449 g/mol. The van der Waals surface area contributed by atoms with Crippen molar-refractivity contribution in [1.82, 2.24) is 4.98 Å². The predicted octanol–water partition coefficient (Wildman–Crippen LogP) is 2.62. The van der Waals surface area contributed by atoms with Gasteiger partial charge in [-0.05, 0) is 47.4 Å². The van der Waals surface area contributed by atoms with Gasteiger partial charge in [0.15, 0.2) is 0 Å². The molecule has 0 spiro atoms. The number of aromatic nitrogens is 1. The summed E-state index contributed by atoms with van der Waals surface area (Å²) in [5, 5.41) is 0. The van der Waals surface area contributed by atoms with Crippen molar-refractivity contribution in [3.05, 3.63) is 89.5 Å². The molecule has 3 aromatic rings. The fourth-order valence-electron chi connectivity index (χ4n) is 2.00. The minimum absolute atomic E-state index is 0.829. The van der Waals surface area contributed by atoms with E-state index in [0.29, 0.717) is 0 Å². The number of hydrogen-bond acceptors (Lipinski definition) is 7. The Morgan fingerprint density at radius 1 is 0.759 bits per heavy atom. The first-order chi connectivity index (χ1) is 18.6. The Bertz CT molecular complexity index is 1680. The van der Waals surface area contributed by atoms with Crippen molar-refractivity contribution in [3.8, 4) is 11.5 Å². The van der Waals surface area contributed by atoms with Crippen LogP contribution < -0.4 is 8.37 Å². The van der Waals surface area contributed by atoms with Gasteiger partial charge in [-0.1, -0.05) is 30.2 Å². The van der Waals surface area contributed by atoms with Gasteiger partial charge in [-0.25, -0.2) is 0 Å². The van der Waals surface area contributed by atoms with Gasteiger partial charge in [0.25, 0.3) is 0 Å². The first-order valence-electron chi connectivity index (χ1n) is 13.1. The van der Waals surface area contributed by atoms with Crippen LogP contribution in [0.4, 0.5) is 0 Å². The third-order valence-corrected chi connectivity index (χ3v) is 3.71. The number of rotatable bonds is 7. The summed E-state index contributed by atoms with van der Waals surface area (Å²) in [6, 6.07) is -12.4. The van der Waals surface area contributed by atoms with E-state index in [0.717, 1.165) is 0 Å². The van der Waals surface area contributed by atoms with E-state index in [1.165, 1.54) is 0 Å². The normalized spacial score (nSPS) is 17.8. The Morgan fingerprint density at radius 3 is 1.62 bits per heavy atom. The molecule has 0 fully saturated rings. The van der Waals surface area contributed by atoms with Gasteiger partial charge in [-0.3, -0.25) is 14.1 Å². The molecule has 3 rings (SSSR count). The topological polar surface area (TPSA) is 140 Å². The second-order valence-corrected chi connectivity index (χ2v) is 6.97. The first kappa shape index (κ1) is 10.2. The van der Waals surface area contributed by atoms with Crippen molar-refractivity contribution in [2.45, 2.75) is 5.92 Å². The molecule has 9 nitrogen and oxygen atoms in total. The largest absolute Gasteiger partial charge is 0.446 e. The van der Waals surface area contributed by atoms with E-state index in [4.69, 9.17) is 25.6 Å². The second kappa shape index (κ2) is 8.17. The minimum atomic E-state index is -5.37. The van der Waals surface area contributed by atoms with Crippen LogP contribution in [0, 0.1) is 0 Å². The van der Waals surface area contributed by atoms with Crippen molar-refractivity contribution in [2.24, 2.45) is 0 Å². The van der Waals surface area contributed by atoms with Gasteiger partial charge >= 0.3 is 20.8 Å². The maximum atomic E-state index is 11.2. The van der Waals surface area contributed by atoms with E-state index in [1.54, 1.807) is 0 Å². The number of nitrogens with zero attached hydrogens (tertiary/aromatic N) is 1. The molecule has 0 aliphatic rings. The van der Waals surface area contributed by atoms with E-state index in [2.05, 4.69) is 13.4 Å². The molecular weight excluding hydrogens is 422 g/mol. The van der Waals surface area contributed by atoms with Crippen LogP contribution in [-0.2, 0) is 20.8 Å². The molecule has 0 saturated carbocycles. The van der Waals surface area contributed by atoms with Crippen molar-refractivity contribution in [3.63, 3.8) is 0 Å². The average Bonchev–Trinajstić information content (AvgIpc) is 2.86. The van der Waals surface area contributed by atoms with Crippen LogP contribution in [0.5, 0.6) is 11.5 Å². The summed E-state index contributed by atoms with van der Waals surface area (Å²) in [5.74, 6) is -4.76. The molecule has 1 heterocycles. The van der Waals surface area contributed by atoms with Crippen LogP contribution in [0.3, 0.4) is 0 Å². The molecule has 0 atom stereocenters. The Morgan fingerprint density at radius 2 is 1.21 bits per heavy atom. The summed E-state index contributed by atoms with van der Waals surface area (Å²) >= 11 is 0. The van der Waals surface area contributed by atoms with Gasteiger partial charge < -0.3 is 8.37 Å². The molecular formula is C18H15NO8S2. The smallest absolute Gasteiger partial charge is 0.362 e. The molecule has 0 aliphatic carbocycles. The Kier molecular flexibility index (Phi) is 2.86. The fourth-order valence-corrected chi connectivity index (χ4v) is 2.59. The van der Waals surface area contributed by atoms with Gasteiger partial charge in [0.2, 0.25) is 0 Å². The van der Waals surface area contributed by atoms with Crippen molar-refractivity contribution >= 4 is 20.8 Å². The lowest BCUT2D eigenvalue weighted by atomic mass is 9.88. The van der Waals surface area contributed by atoms with E-state index in [1.807, 2.05) is 0 Å². The zero-order valence-corrected chi connectivity index (χ0v) is 15.3. The summed E-state index contributed by atoms with van der Waals surface area (Å²) in [4.78, 5) is 3.69. The van der Waals surface area contributed by atoms with Crippen molar-refractivity contribution < 1.29 is 50.8 Å². The highest BCUT2D eigenvalue weighted by Gasteiger charge is 2.19. The third-order valence-electron chi connectivity index (χ3n) is 2.96. The lowest BCUT2D eigenvalue weighted by Gasteiger charge is -2.18. The molecule has 2 N–H and O–H groups in total. The maximum Gasteiger partial charge on any atom is 0.446 e. The highest BCUT2D eigenvalue weighted by molar-refractivity contribution is 7.81. The zero-order valence-electron chi connectivity index (χ0n) is 25.7. The van der Waals surface area contributed by atoms with Crippen LogP contribution in [0.1, 0.15) is 39.2 Å². The first-order valence-corrected chi connectivity index (χ1v) is 9.82. The number of pyridine rings is 1. The van der Waals surface area contributed by atoms with Crippen LogP contribution >= 0.6 is 0 Å². The molecule has 29 heavy (non-hydrogen) atoms. The molecule has 1 aromatic heterocycles. The average molecular weight is 450 g/mol. The van der Waals surface area contributed by atoms with E-state index < -0.39 is 128 Å². The summed E-state index contributed by atoms with van der Waals surface area (Å²) < 4.78 is 169. The minimum Gasteiger partial charge on any atom is -0.362 e. The predicted molar refractivity (Wildman–Crippen MR) is 102 cm³/mol. The number of benzene rings is 2. The lowest BCUT2D eigenvalue weighted by Crippen LogP contribution is -2.08. The summed E-state index contributed by atoms with van der Waals surface area (Å²) in [5.41, 5.74) is -2.63. The van der Waals surface area contributed by atoms with Crippen LogP contribution in [-0.4, -0.2) is 30.9 Å². The SMILES string of the molecule is [2H]c1nc(C(c2c([2H])c([2H])c(OS(=O)(=O)O)c([2H])c2[2H])c2c([2H])c([2H])c(OS(=O)(=O)O)c([2H])c2[2H])c([2H])c([2H])c1[2H]. The number of hydrogen-bond donors (Lipinski definition) is 2. The Hall–Kier alpha value is -2.99.